The number of carbonyl (C=O) groups excluding carboxylic acids is 2. The van der Waals surface area contributed by atoms with Gasteiger partial charge in [-0.1, -0.05) is 155 Å². The van der Waals surface area contributed by atoms with Gasteiger partial charge in [0, 0.05) is 108 Å². The molecule has 0 bridgehead atoms. The number of ether oxygens (including phenoxy) is 5. The first kappa shape index (κ1) is 120. The maximum atomic E-state index is 11.6. The van der Waals surface area contributed by atoms with E-state index in [1.807, 2.05) is 70.1 Å². The van der Waals surface area contributed by atoms with E-state index in [0.717, 1.165) is 184 Å². The van der Waals surface area contributed by atoms with E-state index in [-0.39, 0.29) is 11.8 Å². The van der Waals surface area contributed by atoms with Gasteiger partial charge in [-0.05, 0) is 124 Å². The number of hydrogen-bond donors (Lipinski definition) is 5. The third-order valence-electron chi connectivity index (χ3n) is 19.0. The fourth-order valence-corrected chi connectivity index (χ4v) is 18.9. The normalized spacial score (nSPS) is 17.4. The van der Waals surface area contributed by atoms with E-state index in [1.165, 1.54) is 37.2 Å². The van der Waals surface area contributed by atoms with Crippen molar-refractivity contribution >= 4 is 184 Å². The van der Waals surface area contributed by atoms with Crippen LogP contribution in [0.2, 0.25) is 0 Å². The molecule has 3 atom stereocenters. The Labute approximate surface area is 796 Å². The Morgan fingerprint density at radius 2 is 0.693 bits per heavy atom. The number of benzene rings is 4. The molecule has 786 valence electrons. The molecule has 4 fully saturated rings. The molecule has 2 amide bonds. The molecule has 4 aromatic heterocycles. The summed E-state index contributed by atoms with van der Waals surface area (Å²) >= 11 is 8.55. The molecular formula is C79H120F24N18O7P4S5. The van der Waals surface area contributed by atoms with E-state index < -0.39 is 31.2 Å². The summed E-state index contributed by atoms with van der Waals surface area (Å²) in [6.07, 6.45) is 11.2. The Morgan fingerprint density at radius 1 is 0.416 bits per heavy atom. The number of thiazole rings is 4. The molecule has 8 aromatic rings. The summed E-state index contributed by atoms with van der Waals surface area (Å²) in [5.74, 6) is 7.08. The number of rotatable bonds is 29. The van der Waals surface area contributed by atoms with Gasteiger partial charge in [0.05, 0.1) is 87.1 Å². The number of amides is 2. The van der Waals surface area contributed by atoms with Crippen LogP contribution < -0.4 is 66.0 Å². The Morgan fingerprint density at radius 3 is 0.964 bits per heavy atom. The number of piperazine rings is 2. The van der Waals surface area contributed by atoms with Crippen molar-refractivity contribution in [1.29, 1.82) is 0 Å². The third kappa shape index (κ3) is 55.5. The van der Waals surface area contributed by atoms with Crippen LogP contribution in [0.4, 0.5) is 144 Å². The van der Waals surface area contributed by atoms with Gasteiger partial charge in [0.15, 0.2) is 66.3 Å². The second-order valence-electron chi connectivity index (χ2n) is 36.4. The first-order chi connectivity index (χ1) is 61.9. The van der Waals surface area contributed by atoms with Gasteiger partial charge in [-0.15, -0.1) is 0 Å². The van der Waals surface area contributed by atoms with Gasteiger partial charge in [0.25, 0.3) is 0 Å². The van der Waals surface area contributed by atoms with Crippen molar-refractivity contribution in [3.63, 3.8) is 0 Å². The van der Waals surface area contributed by atoms with Crippen LogP contribution in [0.3, 0.4) is 0 Å². The van der Waals surface area contributed by atoms with E-state index in [0.29, 0.717) is 108 Å². The molecule has 4 aliphatic rings. The minimum absolute atomic E-state index is 0.0246. The first-order valence-corrected chi connectivity index (χ1v) is 55.3. The molecule has 0 saturated carbocycles. The van der Waals surface area contributed by atoms with Gasteiger partial charge in [-0.3, -0.25) is 9.59 Å². The number of nitrogens with one attached hydrogen (secondary N) is 1. The molecule has 58 heteroatoms. The van der Waals surface area contributed by atoms with E-state index in [1.54, 1.807) is 52.3 Å². The monoisotopic (exact) mass is 2170 g/mol. The Bertz CT molecular complexity index is 5220. The first-order valence-electron chi connectivity index (χ1n) is 42.7. The second-order valence-corrected chi connectivity index (χ2v) is 49.3. The zero-order valence-electron chi connectivity index (χ0n) is 77.7. The molecule has 0 radical (unpaired) electrons. The van der Waals surface area contributed by atoms with E-state index in [9.17, 15) is 110 Å². The predicted molar refractivity (Wildman–Crippen MR) is 501 cm³/mol. The Hall–Kier alpha value is -7.47. The molecule has 9 N–H and O–H groups in total. The summed E-state index contributed by atoms with van der Waals surface area (Å²) < 4.78 is 270. The van der Waals surface area contributed by atoms with Crippen molar-refractivity contribution in [3.05, 3.63) is 48.5 Å². The van der Waals surface area contributed by atoms with Crippen molar-refractivity contribution < 1.29 is 156 Å². The number of morpholine rings is 1. The molecule has 8 heterocycles. The summed E-state index contributed by atoms with van der Waals surface area (Å²) in [6, 6.07) is 15.6. The number of nitrogens with zero attached hydrogens (tertiary/aromatic N) is 13. The van der Waals surface area contributed by atoms with E-state index in [2.05, 4.69) is 130 Å². The Kier molecular flexibility index (Phi) is 39.1. The molecular weight excluding hydrogens is 2050 g/mol. The number of aromatic nitrogens is 4. The van der Waals surface area contributed by atoms with Crippen molar-refractivity contribution in [1.82, 2.24) is 30.2 Å². The van der Waals surface area contributed by atoms with Gasteiger partial charge < -0.3 is 53.5 Å². The fraction of sp³-hybridized carbons (Fsp3) is 0.620. The van der Waals surface area contributed by atoms with E-state index >= 15 is 0 Å². The summed E-state index contributed by atoms with van der Waals surface area (Å²) in [5.41, 5.74) is 29.7. The number of unbranched alkanes of at least 4 members (excludes halogenated alkanes) is 3. The second kappa shape index (κ2) is 44.6. The molecule has 4 aromatic carbocycles. The van der Waals surface area contributed by atoms with Gasteiger partial charge >= 0.3 is 132 Å². The van der Waals surface area contributed by atoms with Crippen LogP contribution in [0.15, 0.2) is 69.0 Å². The van der Waals surface area contributed by atoms with Crippen molar-refractivity contribution in [2.75, 3.05) is 143 Å². The van der Waals surface area contributed by atoms with Gasteiger partial charge in [0.1, 0.15) is 0 Å². The maximum absolute atomic E-state index is 11.6. The fourth-order valence-electron chi connectivity index (χ4n) is 13.9. The van der Waals surface area contributed by atoms with Crippen molar-refractivity contribution in [2.45, 2.75) is 161 Å². The molecule has 0 spiro atoms. The minimum atomic E-state index is -10.7. The standard InChI is InChI=1S/C22H33N5O2S.C20H29N5O2S.C20H30N4OS2.C17H24N4O2S.4F6P/c1-15(14-22(3,4)5)6-11-29-19-12-18-20(13-17(19)25-23)30-21(24-18)27-9-7-26(8-10-27)16(2)28;1-13(11-20(2,3)4)5-8-27-16-9-15-17(10-14(16)24-21)28-19(23-15)25-7-6-22-18(26)12-25;1-14(13-20(2,3)4)5-8-25-17-11-16-18(12-15(17)23-21)27-19(22-16)24-6-9-26-10-7-24;1-2-3-4-5-8-23-15-11-14-16(12-13(15)20-18)24-17(19-14)21-6-9-22-10-7-21;4*1-7(2,3,4,5)6/h12-13,15,23H,6-11,14H2,1-5H3;9-10,13,21H,5-8,11-12H2,1-4H3,(H,22,26);11-12,14,21H,5-10,13H2,1-4H3;11-12,18H,2-10H2,1H3;;;;/q;;;;4*-1/p+4. The van der Waals surface area contributed by atoms with Crippen LogP contribution in [-0.2, 0) is 14.3 Å². The van der Waals surface area contributed by atoms with Crippen LogP contribution >= 0.6 is 88.3 Å². The van der Waals surface area contributed by atoms with Crippen molar-refractivity contribution in [2.24, 2.45) is 54.5 Å². The summed E-state index contributed by atoms with van der Waals surface area (Å²) in [5, 5.41) is 22.4. The van der Waals surface area contributed by atoms with Crippen LogP contribution in [0.25, 0.3) is 40.9 Å². The molecule has 3 unspecified atom stereocenters. The van der Waals surface area contributed by atoms with Gasteiger partial charge in [-0.2, -0.15) is 33.9 Å². The van der Waals surface area contributed by atoms with Crippen LogP contribution in [0.1, 0.15) is 161 Å². The summed E-state index contributed by atoms with van der Waals surface area (Å²) in [4.78, 5) is 53.0. The van der Waals surface area contributed by atoms with Crippen molar-refractivity contribution in [3.8, 4) is 23.0 Å². The van der Waals surface area contributed by atoms with Crippen LogP contribution in [0, 0.1) is 34.0 Å². The molecule has 137 heavy (non-hydrogen) atoms. The van der Waals surface area contributed by atoms with Crippen LogP contribution in [-0.4, -0.2) is 160 Å². The SMILES string of the molecule is CC(=O)N1CCN(c2nc3cc(OCCC(C)CC(C)(C)C)c(N=[NH2+])cc3s2)CC1.CC(CCOc1cc2nc(N3CCNC(=O)C3)sc2cc1N=[NH2+])CC(C)(C)C.CC(CCOc1cc2nc(N3CCSCC3)sc2cc1N=[NH2+])CC(C)(C)C.CCCCCCOc1cc2nc(N3CCOCC3)sc2cc1N=[NH2+].F[P-](F)(F)(F)(F)F.F[P-](F)(F)(F)(F)F.F[P-](F)(F)(F)(F)F.F[P-](F)(F)(F)(F)F. The summed E-state index contributed by atoms with van der Waals surface area (Å²) in [6.45, 7) is 43.9. The predicted octanol–water partition coefficient (Wildman–Crippen LogP) is 27.6. The van der Waals surface area contributed by atoms with Gasteiger partial charge in [0.2, 0.25) is 11.8 Å². The molecule has 12 rings (SSSR count). The number of hydrogen-bond acceptors (Lipinski definition) is 24. The number of carbonyl (C=O) groups is 2. The molecule has 4 saturated heterocycles. The average Bonchev–Trinajstić information content (AvgIpc) is 1.48. The van der Waals surface area contributed by atoms with Crippen LogP contribution in [0.5, 0.6) is 23.0 Å². The quantitative estimate of drug-likeness (QED) is 0.0126. The zero-order chi connectivity index (χ0) is 104. The molecule has 4 aliphatic heterocycles. The number of thioether (sulfide) groups is 1. The Balaban J connectivity index is 0.000000294. The third-order valence-corrected chi connectivity index (χ3v) is 24.3. The molecule has 0 aliphatic carbocycles. The average molecular weight is 2170 g/mol. The zero-order valence-corrected chi connectivity index (χ0v) is 85.4. The number of fused-ring (bicyclic) bond motifs is 4. The summed E-state index contributed by atoms with van der Waals surface area (Å²) in [7, 11) is -42.6. The van der Waals surface area contributed by atoms with Gasteiger partial charge in [-0.25, -0.2) is 19.9 Å². The van der Waals surface area contributed by atoms with E-state index in [4.69, 9.17) is 65.7 Å². The number of anilines is 4. The molecule has 25 nitrogen and oxygen atoms in total. The number of halogens is 24. The number of nitrogens with two attached hydrogens (primary N) is 4. The topological polar surface area (TPSA) is 312 Å².